The maximum atomic E-state index is 13.7. The van der Waals surface area contributed by atoms with Crippen molar-refractivity contribution in [2.45, 2.75) is 37.8 Å². The van der Waals surface area contributed by atoms with Crippen molar-refractivity contribution in [3.8, 4) is 0 Å². The van der Waals surface area contributed by atoms with Crippen LogP contribution in [0.25, 0.3) is 0 Å². The van der Waals surface area contributed by atoms with Gasteiger partial charge in [0.2, 0.25) is 0 Å². The van der Waals surface area contributed by atoms with Crippen LogP contribution >= 0.6 is 0 Å². The van der Waals surface area contributed by atoms with Gasteiger partial charge < -0.3 is 10.2 Å². The van der Waals surface area contributed by atoms with Crippen molar-refractivity contribution in [3.63, 3.8) is 0 Å². The van der Waals surface area contributed by atoms with Crippen LogP contribution in [0, 0.1) is 17.6 Å². The highest BCUT2D eigenvalue weighted by atomic mass is 19.1. The summed E-state index contributed by atoms with van der Waals surface area (Å²) in [5.41, 5.74) is 0.668. The Morgan fingerprint density at radius 2 is 1.83 bits per heavy atom. The summed E-state index contributed by atoms with van der Waals surface area (Å²) >= 11 is 0. The second-order valence-electron chi connectivity index (χ2n) is 7.15. The van der Waals surface area contributed by atoms with Gasteiger partial charge in [-0.1, -0.05) is 0 Å². The lowest BCUT2D eigenvalue weighted by atomic mass is 9.75. The molecule has 2 bridgehead atoms. The Balaban J connectivity index is 1.71. The van der Waals surface area contributed by atoms with Gasteiger partial charge in [0.05, 0.1) is 6.04 Å². The maximum absolute atomic E-state index is 13.7. The van der Waals surface area contributed by atoms with Crippen molar-refractivity contribution in [2.75, 3.05) is 26.2 Å². The molecule has 4 aliphatic heterocycles. The number of benzene rings is 1. The van der Waals surface area contributed by atoms with E-state index in [9.17, 15) is 13.6 Å². The number of urea groups is 1. The van der Waals surface area contributed by atoms with Gasteiger partial charge in [-0.25, -0.2) is 13.6 Å². The van der Waals surface area contributed by atoms with E-state index in [0.717, 1.165) is 32.0 Å². The number of nitrogens with one attached hydrogen (secondary N) is 1. The van der Waals surface area contributed by atoms with Crippen LogP contribution in [0.3, 0.4) is 0 Å². The Kier molecular flexibility index (Phi) is 3.95. The van der Waals surface area contributed by atoms with Gasteiger partial charge in [0.25, 0.3) is 0 Å². The van der Waals surface area contributed by atoms with Crippen LogP contribution in [-0.4, -0.2) is 54.1 Å². The predicted octanol–water partition coefficient (Wildman–Crippen LogP) is 2.56. The summed E-state index contributed by atoms with van der Waals surface area (Å²) in [4.78, 5) is 16.9. The molecule has 4 fully saturated rings. The predicted molar refractivity (Wildman–Crippen MR) is 86.8 cm³/mol. The number of rotatable bonds is 2. The Labute approximate surface area is 140 Å². The molecule has 4 nitrogen and oxygen atoms in total. The first kappa shape index (κ1) is 15.8. The molecule has 4 heterocycles. The molecule has 4 aliphatic rings. The molecule has 1 N–H and O–H groups in total. The first-order valence-corrected chi connectivity index (χ1v) is 8.83. The summed E-state index contributed by atoms with van der Waals surface area (Å²) in [6.07, 6.45) is 2.20. The van der Waals surface area contributed by atoms with Crippen molar-refractivity contribution < 1.29 is 13.6 Å². The van der Waals surface area contributed by atoms with Crippen LogP contribution in [0.5, 0.6) is 0 Å². The Bertz CT molecular complexity index is 625. The Hall–Kier alpha value is -1.69. The summed E-state index contributed by atoms with van der Waals surface area (Å²) in [6, 6.07) is 4.02. The van der Waals surface area contributed by atoms with E-state index in [1.165, 1.54) is 12.1 Å². The van der Waals surface area contributed by atoms with Gasteiger partial charge >= 0.3 is 6.03 Å². The molecule has 0 unspecified atom stereocenters. The Morgan fingerprint density at radius 1 is 1.17 bits per heavy atom. The number of amides is 2. The molecule has 24 heavy (non-hydrogen) atoms. The van der Waals surface area contributed by atoms with E-state index in [2.05, 4.69) is 10.2 Å². The number of fused-ring (bicyclic) bond motifs is 2. The molecular formula is C18H23F2N3O. The SMILES string of the molecule is CCNC(=O)N1C[C@H](c2cc(F)cc(F)c2)[C@H]2[C@@H]1C1CCN2CC1. The van der Waals surface area contributed by atoms with E-state index in [1.54, 1.807) is 0 Å². The van der Waals surface area contributed by atoms with Crippen molar-refractivity contribution in [1.29, 1.82) is 0 Å². The average Bonchev–Trinajstić information content (AvgIpc) is 2.98. The number of carbonyl (C=O) groups is 1. The van der Waals surface area contributed by atoms with Crippen LogP contribution in [0.15, 0.2) is 18.2 Å². The minimum atomic E-state index is -0.547. The third kappa shape index (κ3) is 2.48. The number of carbonyl (C=O) groups excluding carboxylic acids is 1. The lowest BCUT2D eigenvalue weighted by Gasteiger charge is -2.51. The fourth-order valence-corrected chi connectivity index (χ4v) is 4.99. The number of likely N-dealkylation sites (tertiary alicyclic amines) is 1. The van der Waals surface area contributed by atoms with E-state index < -0.39 is 11.6 Å². The number of hydrogen-bond donors (Lipinski definition) is 1. The van der Waals surface area contributed by atoms with Gasteiger partial charge in [-0.3, -0.25) is 4.90 Å². The highest BCUT2D eigenvalue weighted by molar-refractivity contribution is 5.75. The van der Waals surface area contributed by atoms with Gasteiger partial charge in [0.1, 0.15) is 11.6 Å². The van der Waals surface area contributed by atoms with Crippen molar-refractivity contribution in [2.24, 2.45) is 5.92 Å². The highest BCUT2D eigenvalue weighted by Crippen LogP contribution is 2.46. The standard InChI is InChI=1S/C18H23F2N3O/c1-2-21-18(24)23-10-15(12-7-13(19)9-14(20)8-12)17-16(23)11-3-5-22(17)6-4-11/h7-9,11,15-17H,2-6,10H2,1H3,(H,21,24)/t15-,16+,17+/m1/s1. The second kappa shape index (κ2) is 5.99. The number of nitrogens with zero attached hydrogens (tertiary/aromatic N) is 2. The summed E-state index contributed by atoms with van der Waals surface area (Å²) in [5, 5.41) is 2.90. The zero-order valence-corrected chi connectivity index (χ0v) is 13.8. The topological polar surface area (TPSA) is 35.6 Å². The number of piperidine rings is 3. The van der Waals surface area contributed by atoms with Crippen LogP contribution in [-0.2, 0) is 0 Å². The number of halogens is 2. The number of hydrogen-bond acceptors (Lipinski definition) is 2. The Morgan fingerprint density at radius 3 is 2.46 bits per heavy atom. The average molecular weight is 335 g/mol. The normalized spacial score (nSPS) is 34.3. The third-order valence-electron chi connectivity index (χ3n) is 5.90. The maximum Gasteiger partial charge on any atom is 0.317 e. The molecule has 0 radical (unpaired) electrons. The molecule has 0 saturated carbocycles. The molecule has 0 spiro atoms. The van der Waals surface area contributed by atoms with Gasteiger partial charge in [0, 0.05) is 31.1 Å². The van der Waals surface area contributed by atoms with Crippen LogP contribution in [0.4, 0.5) is 13.6 Å². The van der Waals surface area contributed by atoms with E-state index in [0.29, 0.717) is 24.6 Å². The lowest BCUT2D eigenvalue weighted by Crippen LogP contribution is -2.61. The molecular weight excluding hydrogens is 312 g/mol. The molecule has 130 valence electrons. The molecule has 0 aliphatic carbocycles. The first-order chi connectivity index (χ1) is 11.6. The molecule has 2 amide bonds. The monoisotopic (exact) mass is 335 g/mol. The zero-order chi connectivity index (χ0) is 16.8. The molecule has 4 saturated heterocycles. The quantitative estimate of drug-likeness (QED) is 0.902. The van der Waals surface area contributed by atoms with Gasteiger partial charge in [-0.2, -0.15) is 0 Å². The molecule has 3 atom stereocenters. The van der Waals surface area contributed by atoms with Crippen LogP contribution in [0.1, 0.15) is 31.2 Å². The van der Waals surface area contributed by atoms with Gasteiger partial charge in [-0.15, -0.1) is 0 Å². The van der Waals surface area contributed by atoms with E-state index >= 15 is 0 Å². The summed E-state index contributed by atoms with van der Waals surface area (Å²) in [5.74, 6) is -0.639. The summed E-state index contributed by atoms with van der Waals surface area (Å²) in [6.45, 7) is 5.05. The summed E-state index contributed by atoms with van der Waals surface area (Å²) < 4.78 is 27.4. The fraction of sp³-hybridized carbons (Fsp3) is 0.611. The van der Waals surface area contributed by atoms with Gasteiger partial charge in [0.15, 0.2) is 0 Å². The second-order valence-corrected chi connectivity index (χ2v) is 7.15. The van der Waals surface area contributed by atoms with Crippen LogP contribution in [0.2, 0.25) is 0 Å². The van der Waals surface area contributed by atoms with Crippen molar-refractivity contribution in [1.82, 2.24) is 15.1 Å². The molecule has 5 rings (SSSR count). The lowest BCUT2D eigenvalue weighted by molar-refractivity contribution is 0.00356. The minimum Gasteiger partial charge on any atom is -0.338 e. The fourth-order valence-electron chi connectivity index (χ4n) is 4.99. The van der Waals surface area contributed by atoms with Crippen molar-refractivity contribution >= 4 is 6.03 Å². The van der Waals surface area contributed by atoms with Gasteiger partial charge in [-0.05, 0) is 56.5 Å². The molecule has 6 heteroatoms. The summed E-state index contributed by atoms with van der Waals surface area (Å²) in [7, 11) is 0. The minimum absolute atomic E-state index is 0.0362. The zero-order valence-electron chi connectivity index (χ0n) is 13.8. The third-order valence-corrected chi connectivity index (χ3v) is 5.90. The van der Waals surface area contributed by atoms with E-state index in [-0.39, 0.29) is 24.0 Å². The van der Waals surface area contributed by atoms with E-state index in [4.69, 9.17) is 0 Å². The first-order valence-electron chi connectivity index (χ1n) is 8.83. The molecule has 1 aromatic carbocycles. The molecule has 1 aromatic rings. The largest absolute Gasteiger partial charge is 0.338 e. The van der Waals surface area contributed by atoms with E-state index in [1.807, 2.05) is 11.8 Å². The van der Waals surface area contributed by atoms with Crippen LogP contribution < -0.4 is 5.32 Å². The smallest absolute Gasteiger partial charge is 0.317 e. The highest BCUT2D eigenvalue weighted by Gasteiger charge is 2.54. The van der Waals surface area contributed by atoms with Crippen molar-refractivity contribution in [3.05, 3.63) is 35.4 Å². The molecule has 0 aromatic heterocycles.